The van der Waals surface area contributed by atoms with E-state index < -0.39 is 0 Å². The highest BCUT2D eigenvalue weighted by atomic mass is 15.0. The molecule has 3 heteroatoms. The molecule has 0 saturated heterocycles. The summed E-state index contributed by atoms with van der Waals surface area (Å²) in [7, 11) is 0. The summed E-state index contributed by atoms with van der Waals surface area (Å²) in [5, 5.41) is 9.00. The van der Waals surface area contributed by atoms with Gasteiger partial charge in [-0.2, -0.15) is 0 Å². The van der Waals surface area contributed by atoms with Crippen molar-refractivity contribution in [2.24, 2.45) is 5.92 Å². The second-order valence-corrected chi connectivity index (χ2v) is 16.5. The van der Waals surface area contributed by atoms with E-state index in [2.05, 4.69) is 245 Å². The van der Waals surface area contributed by atoms with E-state index in [0.29, 0.717) is 0 Å². The van der Waals surface area contributed by atoms with Gasteiger partial charge in [0, 0.05) is 44.5 Å². The largest absolute Gasteiger partial charge is 0.374 e. The number of dihydropyridines is 1. The van der Waals surface area contributed by atoms with Crippen LogP contribution in [0.1, 0.15) is 29.2 Å². The number of hydrogen-bond acceptors (Lipinski definition) is 1. The molecule has 3 heterocycles. The van der Waals surface area contributed by atoms with Gasteiger partial charge in [0.2, 0.25) is 0 Å². The average molecular weight is 794 g/mol. The quantitative estimate of drug-likeness (QED) is 0.171. The van der Waals surface area contributed by atoms with Crippen molar-refractivity contribution in [3.8, 4) is 22.5 Å². The van der Waals surface area contributed by atoms with Gasteiger partial charge in [-0.3, -0.25) is 0 Å². The number of aromatic nitrogens is 2. The Balaban J connectivity index is 0.801. The lowest BCUT2D eigenvalue weighted by Gasteiger charge is -2.28. The average Bonchev–Trinajstić information content (AvgIpc) is 3.87. The molecule has 0 spiro atoms. The summed E-state index contributed by atoms with van der Waals surface area (Å²) in [6, 6.07) is 72.7. The third-order valence-corrected chi connectivity index (χ3v) is 12.9. The summed E-state index contributed by atoms with van der Waals surface area (Å²) >= 11 is 0. The first-order valence-electron chi connectivity index (χ1n) is 21.7. The van der Waals surface area contributed by atoms with Gasteiger partial charge in [0.05, 0.1) is 28.1 Å². The van der Waals surface area contributed by atoms with Gasteiger partial charge in [0.1, 0.15) is 0 Å². The molecular formula is C59H43N3. The number of fused-ring (bicyclic) bond motifs is 6. The third-order valence-electron chi connectivity index (χ3n) is 12.9. The molecule has 2 unspecified atom stereocenters. The molecule has 1 N–H and O–H groups in total. The molecule has 2 aliphatic rings. The summed E-state index contributed by atoms with van der Waals surface area (Å²) in [4.78, 5) is 0. The summed E-state index contributed by atoms with van der Waals surface area (Å²) in [6.45, 7) is 0. The standard InChI is InChI=1S/C59H43N3/c1-2-12-45(13-3-1)54-38-47(44-24-22-40(23-25-44)42-30-34-48(35-31-42)61-56-18-8-4-14-50(56)51-15-5-9-19-57(51)61)39-55(60-54)46-28-26-41(27-29-46)43-32-36-49(37-33-43)62-58-20-10-6-16-52(58)53-17-7-11-21-59(53)62/h1-24,26-39,44,55,60H,25H2. The molecule has 0 amide bonds. The van der Waals surface area contributed by atoms with Crippen LogP contribution in [0.5, 0.6) is 0 Å². The minimum atomic E-state index is 0.0455. The van der Waals surface area contributed by atoms with Crippen molar-refractivity contribution in [2.45, 2.75) is 12.5 Å². The van der Waals surface area contributed by atoms with Crippen molar-refractivity contribution in [3.63, 3.8) is 0 Å². The van der Waals surface area contributed by atoms with Gasteiger partial charge < -0.3 is 14.5 Å². The monoisotopic (exact) mass is 793 g/mol. The van der Waals surface area contributed by atoms with Crippen LogP contribution in [-0.4, -0.2) is 9.13 Å². The van der Waals surface area contributed by atoms with Gasteiger partial charge in [-0.15, -0.1) is 0 Å². The Kier molecular flexibility index (Phi) is 8.71. The predicted molar refractivity (Wildman–Crippen MR) is 261 cm³/mol. The SMILES string of the molecule is C1=CC(C2=CC(c3ccc(-c4ccc(-n5c6ccccc6c6ccccc65)cc4)cc3)NC(c3ccccc3)=C2)CC=C1c1ccc(-n2c3ccccc3c3ccccc32)cc1. The molecule has 2 atom stereocenters. The summed E-state index contributed by atoms with van der Waals surface area (Å²) in [5.41, 5.74) is 17.1. The maximum Gasteiger partial charge on any atom is 0.0704 e. The van der Waals surface area contributed by atoms with Gasteiger partial charge in [0.15, 0.2) is 0 Å². The van der Waals surface area contributed by atoms with E-state index in [9.17, 15) is 0 Å². The van der Waals surface area contributed by atoms with Crippen LogP contribution in [0.15, 0.2) is 236 Å². The topological polar surface area (TPSA) is 21.9 Å². The molecule has 62 heavy (non-hydrogen) atoms. The van der Waals surface area contributed by atoms with Crippen molar-refractivity contribution < 1.29 is 0 Å². The van der Waals surface area contributed by atoms with Gasteiger partial charge in [-0.05, 0) is 100.0 Å². The fraction of sp³-hybridized carbons (Fsp3) is 0.0508. The molecule has 1 aliphatic carbocycles. The first kappa shape index (κ1) is 36.0. The number of nitrogens with zero attached hydrogens (tertiary/aromatic N) is 2. The molecule has 10 aromatic rings. The Morgan fingerprint density at radius 2 is 0.871 bits per heavy atom. The maximum atomic E-state index is 3.88. The maximum absolute atomic E-state index is 3.88. The molecule has 3 nitrogen and oxygen atoms in total. The van der Waals surface area contributed by atoms with Crippen LogP contribution < -0.4 is 5.32 Å². The Labute approximate surface area is 361 Å². The molecular weight excluding hydrogens is 751 g/mol. The van der Waals surface area contributed by atoms with E-state index in [1.165, 1.54) is 93.9 Å². The molecule has 12 rings (SSSR count). The Morgan fingerprint density at radius 3 is 1.35 bits per heavy atom. The van der Waals surface area contributed by atoms with Crippen LogP contribution in [0.2, 0.25) is 0 Å². The van der Waals surface area contributed by atoms with Crippen LogP contribution in [0.4, 0.5) is 0 Å². The van der Waals surface area contributed by atoms with Gasteiger partial charge in [-0.1, -0.05) is 176 Å². The van der Waals surface area contributed by atoms with E-state index in [1.807, 2.05) is 0 Å². The smallest absolute Gasteiger partial charge is 0.0704 e. The van der Waals surface area contributed by atoms with Crippen LogP contribution in [0.3, 0.4) is 0 Å². The van der Waals surface area contributed by atoms with Crippen molar-refractivity contribution in [3.05, 3.63) is 253 Å². The molecule has 8 aromatic carbocycles. The lowest BCUT2D eigenvalue weighted by atomic mass is 9.84. The zero-order valence-corrected chi connectivity index (χ0v) is 34.2. The fourth-order valence-corrected chi connectivity index (χ4v) is 9.82. The number of para-hydroxylation sites is 4. The van der Waals surface area contributed by atoms with Gasteiger partial charge in [-0.25, -0.2) is 0 Å². The van der Waals surface area contributed by atoms with Crippen LogP contribution >= 0.6 is 0 Å². The van der Waals surface area contributed by atoms with E-state index in [0.717, 1.165) is 12.1 Å². The minimum Gasteiger partial charge on any atom is -0.374 e. The molecule has 0 bridgehead atoms. The summed E-state index contributed by atoms with van der Waals surface area (Å²) in [6.07, 6.45) is 12.9. The Hall–Kier alpha value is -7.88. The lowest BCUT2D eigenvalue weighted by Crippen LogP contribution is -2.23. The zero-order valence-electron chi connectivity index (χ0n) is 34.2. The molecule has 0 saturated carbocycles. The number of hydrogen-bond donors (Lipinski definition) is 1. The van der Waals surface area contributed by atoms with Gasteiger partial charge >= 0.3 is 0 Å². The highest BCUT2D eigenvalue weighted by Gasteiger charge is 2.23. The van der Waals surface area contributed by atoms with Crippen molar-refractivity contribution in [2.75, 3.05) is 0 Å². The van der Waals surface area contributed by atoms with E-state index >= 15 is 0 Å². The molecule has 0 fully saturated rings. The number of nitrogens with one attached hydrogen (secondary N) is 1. The Bertz CT molecular complexity index is 3320. The first-order chi connectivity index (χ1) is 30.7. The first-order valence-corrected chi connectivity index (χ1v) is 21.7. The van der Waals surface area contributed by atoms with Crippen molar-refractivity contribution in [1.82, 2.24) is 14.5 Å². The zero-order chi connectivity index (χ0) is 41.0. The number of allylic oxidation sites excluding steroid dienone is 6. The fourth-order valence-electron chi connectivity index (χ4n) is 9.82. The summed E-state index contributed by atoms with van der Waals surface area (Å²) in [5.74, 6) is 0.284. The number of rotatable bonds is 7. The Morgan fingerprint density at radius 1 is 0.419 bits per heavy atom. The second-order valence-electron chi connectivity index (χ2n) is 16.5. The second kappa shape index (κ2) is 15.0. The van der Waals surface area contributed by atoms with E-state index in [4.69, 9.17) is 0 Å². The molecule has 0 radical (unpaired) electrons. The van der Waals surface area contributed by atoms with E-state index in [1.54, 1.807) is 0 Å². The molecule has 294 valence electrons. The predicted octanol–water partition coefficient (Wildman–Crippen LogP) is 14.8. The molecule has 1 aliphatic heterocycles. The van der Waals surface area contributed by atoms with Crippen LogP contribution in [-0.2, 0) is 0 Å². The highest BCUT2D eigenvalue weighted by Crippen LogP contribution is 2.38. The lowest BCUT2D eigenvalue weighted by molar-refractivity contribution is 0.712. The minimum absolute atomic E-state index is 0.0455. The molecule has 2 aromatic heterocycles. The highest BCUT2D eigenvalue weighted by molar-refractivity contribution is 6.10. The number of benzene rings is 8. The van der Waals surface area contributed by atoms with Crippen LogP contribution in [0, 0.1) is 5.92 Å². The van der Waals surface area contributed by atoms with E-state index in [-0.39, 0.29) is 12.0 Å². The van der Waals surface area contributed by atoms with Gasteiger partial charge in [0.25, 0.3) is 0 Å². The van der Waals surface area contributed by atoms with Crippen LogP contribution in [0.25, 0.3) is 77.4 Å². The summed E-state index contributed by atoms with van der Waals surface area (Å²) < 4.78 is 4.75. The van der Waals surface area contributed by atoms with Crippen molar-refractivity contribution >= 4 is 54.9 Å². The third kappa shape index (κ3) is 6.21. The normalized spacial score (nSPS) is 16.4. The van der Waals surface area contributed by atoms with Crippen molar-refractivity contribution in [1.29, 1.82) is 0 Å².